The first-order chi connectivity index (χ1) is 10.3. The number of pyridine rings is 1. The van der Waals surface area contributed by atoms with Crippen molar-refractivity contribution in [3.05, 3.63) is 29.7 Å². The van der Waals surface area contributed by atoms with Gasteiger partial charge in [-0.2, -0.15) is 10.2 Å². The number of nitrogens with one attached hydrogen (secondary N) is 3. The summed E-state index contributed by atoms with van der Waals surface area (Å²) < 4.78 is 0. The molecule has 0 bridgehead atoms. The van der Waals surface area contributed by atoms with Gasteiger partial charge in [0, 0.05) is 29.6 Å². The Bertz CT molecular complexity index is 765. The minimum atomic E-state index is 0.640. The highest BCUT2D eigenvalue weighted by Gasteiger charge is 2.19. The fraction of sp³-hybridized carbons (Fsp3) is 0.400. The Labute approximate surface area is 122 Å². The van der Waals surface area contributed by atoms with E-state index in [4.69, 9.17) is 0 Å². The number of aryl methyl sites for hydroxylation is 1. The summed E-state index contributed by atoms with van der Waals surface area (Å²) in [6, 6.07) is 4.08. The van der Waals surface area contributed by atoms with Gasteiger partial charge >= 0.3 is 0 Å². The van der Waals surface area contributed by atoms with Crippen molar-refractivity contribution in [2.45, 2.75) is 38.5 Å². The molecule has 3 aromatic heterocycles. The van der Waals surface area contributed by atoms with Gasteiger partial charge in [0.25, 0.3) is 0 Å². The molecule has 0 saturated heterocycles. The summed E-state index contributed by atoms with van der Waals surface area (Å²) >= 11 is 0. The lowest BCUT2D eigenvalue weighted by atomic mass is 10.0. The third kappa shape index (κ3) is 2.16. The van der Waals surface area contributed by atoms with E-state index in [0.717, 1.165) is 28.2 Å². The van der Waals surface area contributed by atoms with Crippen molar-refractivity contribution in [3.63, 3.8) is 0 Å². The molecule has 0 radical (unpaired) electrons. The highest BCUT2D eigenvalue weighted by Crippen LogP contribution is 2.34. The van der Waals surface area contributed by atoms with Crippen LogP contribution in [0.15, 0.2) is 18.3 Å². The van der Waals surface area contributed by atoms with Gasteiger partial charge < -0.3 is 5.32 Å². The number of aromatic nitrogens is 5. The van der Waals surface area contributed by atoms with E-state index in [9.17, 15) is 0 Å². The zero-order chi connectivity index (χ0) is 14.2. The molecule has 108 valence electrons. The maximum Gasteiger partial charge on any atom is 0.183 e. The average molecular weight is 282 g/mol. The van der Waals surface area contributed by atoms with Gasteiger partial charge in [-0.1, -0.05) is 12.8 Å². The third-order valence-corrected chi connectivity index (χ3v) is 4.29. The molecule has 1 aliphatic rings. The fourth-order valence-corrected chi connectivity index (χ4v) is 3.19. The summed E-state index contributed by atoms with van der Waals surface area (Å²) in [6.07, 6.45) is 6.94. The Kier molecular flexibility index (Phi) is 2.87. The maximum atomic E-state index is 4.39. The van der Waals surface area contributed by atoms with E-state index in [0.29, 0.717) is 5.92 Å². The van der Waals surface area contributed by atoms with E-state index >= 15 is 0 Å². The molecule has 4 rings (SSSR count). The fourth-order valence-electron chi connectivity index (χ4n) is 3.19. The number of hydrogen-bond acceptors (Lipinski definition) is 4. The number of nitrogens with zero attached hydrogens (tertiary/aromatic N) is 3. The Balaban J connectivity index is 1.64. The van der Waals surface area contributed by atoms with Crippen LogP contribution in [0.2, 0.25) is 0 Å². The number of aromatic amines is 2. The Morgan fingerprint density at radius 1 is 1.19 bits per heavy atom. The van der Waals surface area contributed by atoms with E-state index in [1.807, 2.05) is 13.0 Å². The number of fused-ring (bicyclic) bond motifs is 1. The Hall–Kier alpha value is -2.37. The molecular weight excluding hydrogens is 264 g/mol. The molecule has 0 atom stereocenters. The van der Waals surface area contributed by atoms with E-state index in [1.165, 1.54) is 31.4 Å². The zero-order valence-electron chi connectivity index (χ0n) is 12.0. The summed E-state index contributed by atoms with van der Waals surface area (Å²) in [5.74, 6) is 1.49. The Morgan fingerprint density at radius 3 is 2.90 bits per heavy atom. The lowest BCUT2D eigenvalue weighted by Crippen LogP contribution is -1.92. The molecule has 6 nitrogen and oxygen atoms in total. The molecular formula is C15H18N6. The second kappa shape index (κ2) is 4.87. The van der Waals surface area contributed by atoms with Crippen LogP contribution in [-0.2, 0) is 0 Å². The third-order valence-electron chi connectivity index (χ3n) is 4.29. The van der Waals surface area contributed by atoms with Crippen LogP contribution in [0.1, 0.15) is 43.0 Å². The molecule has 1 aliphatic carbocycles. The second-order valence-corrected chi connectivity index (χ2v) is 5.72. The van der Waals surface area contributed by atoms with Crippen LogP contribution < -0.4 is 5.32 Å². The quantitative estimate of drug-likeness (QED) is 0.687. The van der Waals surface area contributed by atoms with Crippen molar-refractivity contribution in [3.8, 4) is 0 Å². The molecule has 0 unspecified atom stereocenters. The second-order valence-electron chi connectivity index (χ2n) is 5.72. The normalized spacial score (nSPS) is 15.9. The minimum absolute atomic E-state index is 0.640. The highest BCUT2D eigenvalue weighted by molar-refractivity contribution is 5.92. The summed E-state index contributed by atoms with van der Waals surface area (Å²) in [7, 11) is 0. The standard InChI is InChI=1S/C15H18N6/c1-9-14-11(6-7-16-15(14)21-18-9)17-13-8-12(19-20-13)10-4-2-3-5-10/h6-8,10H,2-5H2,1H3,(H3,16,17,18,19,20,21). The molecule has 0 aliphatic heterocycles. The molecule has 0 spiro atoms. The van der Waals surface area contributed by atoms with E-state index < -0.39 is 0 Å². The van der Waals surface area contributed by atoms with Gasteiger partial charge in [0.2, 0.25) is 0 Å². The van der Waals surface area contributed by atoms with Gasteiger partial charge in [-0.25, -0.2) is 4.98 Å². The van der Waals surface area contributed by atoms with Crippen molar-refractivity contribution in [2.24, 2.45) is 0 Å². The minimum Gasteiger partial charge on any atom is -0.338 e. The van der Waals surface area contributed by atoms with Crippen molar-refractivity contribution < 1.29 is 0 Å². The average Bonchev–Trinajstić information content (AvgIpc) is 3.20. The van der Waals surface area contributed by atoms with E-state index in [2.05, 4.69) is 36.8 Å². The summed E-state index contributed by atoms with van der Waals surface area (Å²) in [5.41, 5.74) is 3.95. The highest BCUT2D eigenvalue weighted by atomic mass is 15.2. The molecule has 0 amide bonds. The number of H-pyrrole nitrogens is 2. The predicted molar refractivity (Wildman–Crippen MR) is 81.7 cm³/mol. The zero-order valence-corrected chi connectivity index (χ0v) is 12.0. The first-order valence-corrected chi connectivity index (χ1v) is 7.43. The molecule has 1 saturated carbocycles. The maximum absolute atomic E-state index is 4.39. The van der Waals surface area contributed by atoms with Gasteiger partial charge in [-0.3, -0.25) is 10.2 Å². The van der Waals surface area contributed by atoms with Gasteiger partial charge in [0.05, 0.1) is 11.1 Å². The number of anilines is 2. The van der Waals surface area contributed by atoms with Crippen molar-refractivity contribution in [1.82, 2.24) is 25.4 Å². The predicted octanol–water partition coefficient (Wildman–Crippen LogP) is 3.39. The summed E-state index contributed by atoms with van der Waals surface area (Å²) in [4.78, 5) is 4.26. The molecule has 21 heavy (non-hydrogen) atoms. The van der Waals surface area contributed by atoms with Crippen LogP contribution in [0, 0.1) is 6.92 Å². The largest absolute Gasteiger partial charge is 0.338 e. The van der Waals surface area contributed by atoms with E-state index in [-0.39, 0.29) is 0 Å². The summed E-state index contributed by atoms with van der Waals surface area (Å²) in [6.45, 7) is 2.00. The van der Waals surface area contributed by atoms with Gasteiger partial charge in [-0.15, -0.1) is 0 Å². The SMILES string of the molecule is Cc1[nH]nc2nccc(Nc3cc(C4CCCC4)[nH]n3)c12. The molecule has 3 aromatic rings. The first-order valence-electron chi connectivity index (χ1n) is 7.43. The molecule has 6 heteroatoms. The number of rotatable bonds is 3. The summed E-state index contributed by atoms with van der Waals surface area (Å²) in [5, 5.41) is 19.1. The van der Waals surface area contributed by atoms with Crippen molar-refractivity contribution in [1.29, 1.82) is 0 Å². The van der Waals surface area contributed by atoms with Crippen molar-refractivity contribution >= 4 is 22.5 Å². The lowest BCUT2D eigenvalue weighted by Gasteiger charge is -2.05. The number of hydrogen-bond donors (Lipinski definition) is 3. The van der Waals surface area contributed by atoms with Crippen LogP contribution >= 0.6 is 0 Å². The van der Waals surface area contributed by atoms with Crippen LogP contribution in [0.5, 0.6) is 0 Å². The molecule has 3 heterocycles. The van der Waals surface area contributed by atoms with Crippen LogP contribution in [0.3, 0.4) is 0 Å². The lowest BCUT2D eigenvalue weighted by molar-refractivity contribution is 0.693. The Morgan fingerprint density at radius 2 is 2.05 bits per heavy atom. The molecule has 1 fully saturated rings. The topological polar surface area (TPSA) is 82.3 Å². The molecule has 3 N–H and O–H groups in total. The van der Waals surface area contributed by atoms with Gasteiger partial charge in [0.1, 0.15) is 0 Å². The monoisotopic (exact) mass is 282 g/mol. The van der Waals surface area contributed by atoms with Crippen molar-refractivity contribution in [2.75, 3.05) is 5.32 Å². The first kappa shape index (κ1) is 12.4. The van der Waals surface area contributed by atoms with Gasteiger partial charge in [-0.05, 0) is 25.8 Å². The van der Waals surface area contributed by atoms with Gasteiger partial charge in [0.15, 0.2) is 11.5 Å². The van der Waals surface area contributed by atoms with E-state index in [1.54, 1.807) is 6.20 Å². The van der Waals surface area contributed by atoms with Crippen LogP contribution in [-0.4, -0.2) is 25.4 Å². The van der Waals surface area contributed by atoms with Crippen LogP contribution in [0.4, 0.5) is 11.5 Å². The molecule has 0 aromatic carbocycles. The van der Waals surface area contributed by atoms with Crippen LogP contribution in [0.25, 0.3) is 11.0 Å². The smallest absolute Gasteiger partial charge is 0.183 e.